The van der Waals surface area contributed by atoms with Crippen LogP contribution in [0.3, 0.4) is 0 Å². The van der Waals surface area contributed by atoms with Crippen molar-refractivity contribution in [1.82, 2.24) is 4.90 Å². The Morgan fingerprint density at radius 3 is 2.19 bits per heavy atom. The standard InChI is InChI=1S/C32H43NO4/c1-36-26-30-23-29(18-19-31(30)34)32(35)25-33(24-28-15-8-5-9-16-28)20-10-2-3-11-21-37-22-12-17-27-13-6-4-7-14-27/h4-9,13-16,18-19,23,32,34-35H,2-3,10-12,17,20-22,24-26H2,1H3. The predicted molar refractivity (Wildman–Crippen MR) is 150 cm³/mol. The van der Waals surface area contributed by atoms with Crippen molar-refractivity contribution in [2.75, 3.05) is 33.4 Å². The normalized spacial score (nSPS) is 12.2. The first-order valence-corrected chi connectivity index (χ1v) is 13.5. The molecule has 5 heteroatoms. The monoisotopic (exact) mass is 505 g/mol. The lowest BCUT2D eigenvalue weighted by atomic mass is 10.0. The smallest absolute Gasteiger partial charge is 0.121 e. The van der Waals surface area contributed by atoms with Gasteiger partial charge < -0.3 is 19.7 Å². The molecule has 0 bridgehead atoms. The second-order valence-corrected chi connectivity index (χ2v) is 9.67. The molecule has 5 nitrogen and oxygen atoms in total. The van der Waals surface area contributed by atoms with Crippen molar-refractivity contribution in [3.05, 3.63) is 101 Å². The van der Waals surface area contributed by atoms with Crippen LogP contribution in [0.4, 0.5) is 0 Å². The van der Waals surface area contributed by atoms with Crippen molar-refractivity contribution >= 4 is 0 Å². The van der Waals surface area contributed by atoms with Gasteiger partial charge >= 0.3 is 0 Å². The summed E-state index contributed by atoms with van der Waals surface area (Å²) in [5.41, 5.74) is 4.10. The van der Waals surface area contributed by atoms with Gasteiger partial charge in [0, 0.05) is 39.0 Å². The number of phenols is 1. The van der Waals surface area contributed by atoms with Gasteiger partial charge in [0.25, 0.3) is 0 Å². The number of nitrogens with zero attached hydrogens (tertiary/aromatic N) is 1. The number of aromatic hydroxyl groups is 1. The van der Waals surface area contributed by atoms with Crippen LogP contribution in [0.1, 0.15) is 60.5 Å². The molecule has 0 aliphatic carbocycles. The molecule has 1 unspecified atom stereocenters. The Hall–Kier alpha value is -2.70. The maximum absolute atomic E-state index is 11.0. The number of phenolic OH excluding ortho intramolecular Hbond substituents is 1. The first kappa shape index (κ1) is 28.9. The Morgan fingerprint density at radius 1 is 0.784 bits per heavy atom. The number of methoxy groups -OCH3 is 1. The van der Waals surface area contributed by atoms with E-state index >= 15 is 0 Å². The second-order valence-electron chi connectivity index (χ2n) is 9.67. The van der Waals surface area contributed by atoms with E-state index < -0.39 is 6.10 Å². The number of unbranched alkanes of at least 4 members (excludes halogenated alkanes) is 3. The third-order valence-corrected chi connectivity index (χ3v) is 6.58. The molecule has 0 aliphatic heterocycles. The first-order valence-electron chi connectivity index (χ1n) is 13.5. The summed E-state index contributed by atoms with van der Waals surface area (Å²) in [6.45, 7) is 4.22. The summed E-state index contributed by atoms with van der Waals surface area (Å²) in [6.07, 6.45) is 5.96. The minimum atomic E-state index is -0.635. The van der Waals surface area contributed by atoms with Crippen LogP contribution in [-0.2, 0) is 29.0 Å². The molecule has 1 atom stereocenters. The summed E-state index contributed by atoms with van der Waals surface area (Å²) in [6, 6.07) is 26.2. The molecule has 0 saturated carbocycles. The van der Waals surface area contributed by atoms with Gasteiger partial charge in [0.1, 0.15) is 5.75 Å². The Kier molecular flexibility index (Phi) is 13.2. The van der Waals surface area contributed by atoms with Crippen LogP contribution in [0.5, 0.6) is 5.75 Å². The number of aliphatic hydroxyl groups excluding tert-OH is 1. The minimum absolute atomic E-state index is 0.194. The van der Waals surface area contributed by atoms with Gasteiger partial charge in [0.2, 0.25) is 0 Å². The van der Waals surface area contributed by atoms with Crippen molar-refractivity contribution < 1.29 is 19.7 Å². The van der Waals surface area contributed by atoms with Crippen LogP contribution in [-0.4, -0.2) is 48.5 Å². The number of hydrogen-bond acceptors (Lipinski definition) is 5. The highest BCUT2D eigenvalue weighted by Crippen LogP contribution is 2.24. The van der Waals surface area contributed by atoms with E-state index in [4.69, 9.17) is 9.47 Å². The maximum Gasteiger partial charge on any atom is 0.121 e. The van der Waals surface area contributed by atoms with Crippen molar-refractivity contribution in [2.45, 2.75) is 57.8 Å². The summed E-state index contributed by atoms with van der Waals surface area (Å²) in [4.78, 5) is 2.32. The van der Waals surface area contributed by atoms with Crippen LogP contribution in [0.2, 0.25) is 0 Å². The first-order chi connectivity index (χ1) is 18.2. The molecule has 0 aromatic heterocycles. The molecular formula is C32H43NO4. The molecule has 3 aromatic rings. The van der Waals surface area contributed by atoms with Crippen LogP contribution < -0.4 is 0 Å². The molecule has 3 aromatic carbocycles. The average Bonchev–Trinajstić information content (AvgIpc) is 2.92. The van der Waals surface area contributed by atoms with E-state index in [1.807, 2.05) is 12.1 Å². The third-order valence-electron chi connectivity index (χ3n) is 6.58. The van der Waals surface area contributed by atoms with Gasteiger partial charge in [-0.1, -0.05) is 79.6 Å². The molecule has 0 saturated heterocycles. The molecular weight excluding hydrogens is 462 g/mol. The molecule has 0 fully saturated rings. The number of rotatable bonds is 18. The Bertz CT molecular complexity index is 996. The Labute approximate surface area is 222 Å². The zero-order chi connectivity index (χ0) is 26.1. The zero-order valence-electron chi connectivity index (χ0n) is 22.2. The van der Waals surface area contributed by atoms with Gasteiger partial charge in [-0.3, -0.25) is 4.90 Å². The molecule has 0 heterocycles. The number of hydrogen-bond donors (Lipinski definition) is 2. The third kappa shape index (κ3) is 11.1. The summed E-state index contributed by atoms with van der Waals surface area (Å²) >= 11 is 0. The summed E-state index contributed by atoms with van der Waals surface area (Å²) in [5.74, 6) is 0.194. The van der Waals surface area contributed by atoms with Gasteiger partial charge in [-0.2, -0.15) is 0 Å². The van der Waals surface area contributed by atoms with Crippen LogP contribution >= 0.6 is 0 Å². The SMILES string of the molecule is COCc1cc(C(O)CN(CCCCCCOCCCc2ccccc2)Cc2ccccc2)ccc1O. The summed E-state index contributed by atoms with van der Waals surface area (Å²) < 4.78 is 11.0. The molecule has 0 radical (unpaired) electrons. The van der Waals surface area contributed by atoms with E-state index in [2.05, 4.69) is 59.5 Å². The van der Waals surface area contributed by atoms with Gasteiger partial charge in [-0.05, 0) is 61.1 Å². The highest BCUT2D eigenvalue weighted by molar-refractivity contribution is 5.36. The predicted octanol–water partition coefficient (Wildman–Crippen LogP) is 6.28. The van der Waals surface area contributed by atoms with E-state index in [0.29, 0.717) is 18.7 Å². The number of ether oxygens (including phenoxy) is 2. The minimum Gasteiger partial charge on any atom is -0.508 e. The topological polar surface area (TPSA) is 62.2 Å². The lowest BCUT2D eigenvalue weighted by molar-refractivity contribution is 0.106. The highest BCUT2D eigenvalue weighted by atomic mass is 16.5. The fraction of sp³-hybridized carbons (Fsp3) is 0.438. The summed E-state index contributed by atoms with van der Waals surface area (Å²) in [5, 5.41) is 21.0. The number of aryl methyl sites for hydroxylation is 1. The lowest BCUT2D eigenvalue weighted by Crippen LogP contribution is -2.29. The van der Waals surface area contributed by atoms with E-state index in [-0.39, 0.29) is 5.75 Å². The van der Waals surface area contributed by atoms with Crippen molar-refractivity contribution in [2.24, 2.45) is 0 Å². The molecule has 37 heavy (non-hydrogen) atoms. The van der Waals surface area contributed by atoms with E-state index in [1.165, 1.54) is 11.1 Å². The van der Waals surface area contributed by atoms with E-state index in [1.54, 1.807) is 19.2 Å². The molecule has 0 aliphatic rings. The van der Waals surface area contributed by atoms with E-state index in [9.17, 15) is 10.2 Å². The van der Waals surface area contributed by atoms with Gasteiger partial charge in [-0.15, -0.1) is 0 Å². The second kappa shape index (κ2) is 16.9. The van der Waals surface area contributed by atoms with Crippen molar-refractivity contribution in [3.63, 3.8) is 0 Å². The van der Waals surface area contributed by atoms with Crippen molar-refractivity contribution in [1.29, 1.82) is 0 Å². The molecule has 0 spiro atoms. The maximum atomic E-state index is 11.0. The van der Waals surface area contributed by atoms with Crippen molar-refractivity contribution in [3.8, 4) is 5.75 Å². The fourth-order valence-corrected chi connectivity index (χ4v) is 4.53. The van der Waals surface area contributed by atoms with Gasteiger partial charge in [0.15, 0.2) is 0 Å². The molecule has 0 amide bonds. The van der Waals surface area contributed by atoms with Gasteiger partial charge in [0.05, 0.1) is 12.7 Å². The zero-order valence-corrected chi connectivity index (χ0v) is 22.2. The Balaban J connectivity index is 1.38. The molecule has 3 rings (SSSR count). The largest absolute Gasteiger partial charge is 0.508 e. The highest BCUT2D eigenvalue weighted by Gasteiger charge is 2.16. The Morgan fingerprint density at radius 2 is 1.46 bits per heavy atom. The lowest BCUT2D eigenvalue weighted by Gasteiger charge is -2.26. The molecule has 200 valence electrons. The van der Waals surface area contributed by atoms with Crippen LogP contribution in [0.25, 0.3) is 0 Å². The average molecular weight is 506 g/mol. The van der Waals surface area contributed by atoms with E-state index in [0.717, 1.165) is 70.4 Å². The van der Waals surface area contributed by atoms with Gasteiger partial charge in [-0.25, -0.2) is 0 Å². The van der Waals surface area contributed by atoms with Crippen LogP contribution in [0.15, 0.2) is 78.9 Å². The van der Waals surface area contributed by atoms with Crippen LogP contribution in [0, 0.1) is 0 Å². The fourth-order valence-electron chi connectivity index (χ4n) is 4.53. The number of aliphatic hydroxyl groups is 1. The summed E-state index contributed by atoms with van der Waals surface area (Å²) in [7, 11) is 1.60. The molecule has 2 N–H and O–H groups in total. The quantitative estimate of drug-likeness (QED) is 0.199. The number of benzene rings is 3.